The summed E-state index contributed by atoms with van der Waals surface area (Å²) in [4.78, 5) is 11.9. The lowest BCUT2D eigenvalue weighted by molar-refractivity contribution is 0.0947. The van der Waals surface area contributed by atoms with Crippen LogP contribution in [0.1, 0.15) is 37.0 Å². The van der Waals surface area contributed by atoms with Gasteiger partial charge in [-0.05, 0) is 38.0 Å². The molecular formula is C15H23NO3. The Hall–Kier alpha value is -1.55. The highest BCUT2D eigenvalue weighted by Crippen LogP contribution is 2.15. The van der Waals surface area contributed by atoms with E-state index in [2.05, 4.69) is 12.2 Å². The van der Waals surface area contributed by atoms with E-state index in [9.17, 15) is 4.79 Å². The average molecular weight is 265 g/mol. The minimum atomic E-state index is -0.0781. The molecule has 1 rings (SSSR count). The SMILES string of the molecule is CCC(C)Oc1cccc(C(=O)NCCCOC)c1. The topological polar surface area (TPSA) is 47.6 Å². The van der Waals surface area contributed by atoms with Crippen LogP contribution < -0.4 is 10.1 Å². The summed E-state index contributed by atoms with van der Waals surface area (Å²) in [5.41, 5.74) is 0.623. The minimum absolute atomic E-state index is 0.0781. The molecule has 0 saturated heterocycles. The zero-order chi connectivity index (χ0) is 14.1. The summed E-state index contributed by atoms with van der Waals surface area (Å²) in [5.74, 6) is 0.657. The Morgan fingerprint density at radius 2 is 2.21 bits per heavy atom. The first kappa shape index (κ1) is 15.5. The fourth-order valence-electron chi connectivity index (χ4n) is 1.55. The number of rotatable bonds is 8. The fraction of sp³-hybridized carbons (Fsp3) is 0.533. The van der Waals surface area contributed by atoms with Gasteiger partial charge in [-0.2, -0.15) is 0 Å². The van der Waals surface area contributed by atoms with E-state index in [1.807, 2.05) is 19.1 Å². The predicted octanol–water partition coefficient (Wildman–Crippen LogP) is 2.63. The minimum Gasteiger partial charge on any atom is -0.491 e. The molecule has 0 aliphatic rings. The van der Waals surface area contributed by atoms with Crippen molar-refractivity contribution < 1.29 is 14.3 Å². The van der Waals surface area contributed by atoms with Crippen LogP contribution in [0.3, 0.4) is 0 Å². The van der Waals surface area contributed by atoms with E-state index in [0.29, 0.717) is 18.7 Å². The first-order valence-corrected chi connectivity index (χ1v) is 6.71. The lowest BCUT2D eigenvalue weighted by Gasteiger charge is -2.13. The smallest absolute Gasteiger partial charge is 0.251 e. The zero-order valence-corrected chi connectivity index (χ0v) is 11.9. The molecule has 0 spiro atoms. The van der Waals surface area contributed by atoms with Crippen molar-refractivity contribution in [1.82, 2.24) is 5.32 Å². The van der Waals surface area contributed by atoms with Crippen molar-refractivity contribution in [2.45, 2.75) is 32.8 Å². The van der Waals surface area contributed by atoms with Crippen molar-refractivity contribution >= 4 is 5.91 Å². The van der Waals surface area contributed by atoms with Crippen LogP contribution in [0, 0.1) is 0 Å². The summed E-state index contributed by atoms with van der Waals surface area (Å²) >= 11 is 0. The van der Waals surface area contributed by atoms with Crippen molar-refractivity contribution in [3.05, 3.63) is 29.8 Å². The van der Waals surface area contributed by atoms with Gasteiger partial charge >= 0.3 is 0 Å². The Balaban J connectivity index is 2.52. The zero-order valence-electron chi connectivity index (χ0n) is 11.9. The van der Waals surface area contributed by atoms with Gasteiger partial charge < -0.3 is 14.8 Å². The van der Waals surface area contributed by atoms with Crippen LogP contribution >= 0.6 is 0 Å². The van der Waals surface area contributed by atoms with Gasteiger partial charge in [-0.3, -0.25) is 4.79 Å². The van der Waals surface area contributed by atoms with E-state index in [1.54, 1.807) is 19.2 Å². The Labute approximate surface area is 115 Å². The van der Waals surface area contributed by atoms with Gasteiger partial charge in [-0.1, -0.05) is 13.0 Å². The monoisotopic (exact) mass is 265 g/mol. The molecule has 0 radical (unpaired) electrons. The Morgan fingerprint density at radius 1 is 1.42 bits per heavy atom. The van der Waals surface area contributed by atoms with Gasteiger partial charge in [-0.25, -0.2) is 0 Å². The average Bonchev–Trinajstić information content (AvgIpc) is 2.43. The van der Waals surface area contributed by atoms with Gasteiger partial charge in [-0.15, -0.1) is 0 Å². The second-order valence-electron chi connectivity index (χ2n) is 4.47. The quantitative estimate of drug-likeness (QED) is 0.735. The van der Waals surface area contributed by atoms with Gasteiger partial charge in [0.1, 0.15) is 5.75 Å². The van der Waals surface area contributed by atoms with Crippen molar-refractivity contribution in [3.63, 3.8) is 0 Å². The molecule has 1 aromatic rings. The molecule has 106 valence electrons. The molecule has 1 amide bonds. The van der Waals surface area contributed by atoms with Gasteiger partial charge in [0.25, 0.3) is 5.91 Å². The first-order chi connectivity index (χ1) is 9.17. The lowest BCUT2D eigenvalue weighted by Crippen LogP contribution is -2.25. The summed E-state index contributed by atoms with van der Waals surface area (Å²) in [6, 6.07) is 7.27. The molecule has 4 nitrogen and oxygen atoms in total. The maximum absolute atomic E-state index is 11.9. The molecule has 1 unspecified atom stereocenters. The largest absolute Gasteiger partial charge is 0.491 e. The second-order valence-corrected chi connectivity index (χ2v) is 4.47. The molecular weight excluding hydrogens is 242 g/mol. The van der Waals surface area contributed by atoms with E-state index in [1.165, 1.54) is 0 Å². The van der Waals surface area contributed by atoms with E-state index in [-0.39, 0.29) is 12.0 Å². The molecule has 4 heteroatoms. The summed E-state index contributed by atoms with van der Waals surface area (Å²) in [7, 11) is 1.65. The van der Waals surface area contributed by atoms with Gasteiger partial charge in [0.15, 0.2) is 0 Å². The predicted molar refractivity (Wildman–Crippen MR) is 75.6 cm³/mol. The van der Waals surface area contributed by atoms with Crippen LogP contribution in [0.15, 0.2) is 24.3 Å². The molecule has 1 atom stereocenters. The second kappa shape index (κ2) is 8.53. The maximum atomic E-state index is 11.9. The van der Waals surface area contributed by atoms with Crippen molar-refractivity contribution in [3.8, 4) is 5.75 Å². The van der Waals surface area contributed by atoms with Crippen LogP contribution in [0.5, 0.6) is 5.75 Å². The molecule has 0 saturated carbocycles. The highest BCUT2D eigenvalue weighted by atomic mass is 16.5. The van der Waals surface area contributed by atoms with Crippen molar-refractivity contribution in [2.24, 2.45) is 0 Å². The van der Waals surface area contributed by atoms with E-state index in [0.717, 1.165) is 18.6 Å². The Kier molecular flexibility index (Phi) is 6.97. The Bertz CT molecular complexity index is 393. The maximum Gasteiger partial charge on any atom is 0.251 e. The number of nitrogens with one attached hydrogen (secondary N) is 1. The molecule has 1 aromatic carbocycles. The van der Waals surface area contributed by atoms with Gasteiger partial charge in [0.2, 0.25) is 0 Å². The molecule has 19 heavy (non-hydrogen) atoms. The van der Waals surface area contributed by atoms with Crippen molar-refractivity contribution in [1.29, 1.82) is 0 Å². The lowest BCUT2D eigenvalue weighted by atomic mass is 10.2. The van der Waals surface area contributed by atoms with E-state index < -0.39 is 0 Å². The number of carbonyl (C=O) groups is 1. The van der Waals surface area contributed by atoms with Crippen LogP contribution in [0.4, 0.5) is 0 Å². The molecule has 0 aliphatic carbocycles. The van der Waals surface area contributed by atoms with Crippen molar-refractivity contribution in [2.75, 3.05) is 20.3 Å². The molecule has 0 heterocycles. The number of carbonyl (C=O) groups excluding carboxylic acids is 1. The number of benzene rings is 1. The summed E-state index contributed by atoms with van der Waals surface area (Å²) < 4.78 is 10.6. The highest BCUT2D eigenvalue weighted by molar-refractivity contribution is 5.94. The highest BCUT2D eigenvalue weighted by Gasteiger charge is 2.07. The molecule has 1 N–H and O–H groups in total. The number of hydrogen-bond donors (Lipinski definition) is 1. The molecule has 0 aromatic heterocycles. The first-order valence-electron chi connectivity index (χ1n) is 6.71. The summed E-state index contributed by atoms with van der Waals surface area (Å²) in [5, 5.41) is 2.85. The third-order valence-electron chi connectivity index (χ3n) is 2.82. The van der Waals surface area contributed by atoms with Crippen LogP contribution in [0.2, 0.25) is 0 Å². The van der Waals surface area contributed by atoms with Gasteiger partial charge in [0, 0.05) is 25.8 Å². The number of ether oxygens (including phenoxy) is 2. The number of amides is 1. The van der Waals surface area contributed by atoms with E-state index >= 15 is 0 Å². The van der Waals surface area contributed by atoms with Gasteiger partial charge in [0.05, 0.1) is 6.10 Å². The molecule has 0 bridgehead atoms. The van der Waals surface area contributed by atoms with Crippen LogP contribution in [0.25, 0.3) is 0 Å². The molecule has 0 fully saturated rings. The van der Waals surface area contributed by atoms with E-state index in [4.69, 9.17) is 9.47 Å². The summed E-state index contributed by atoms with van der Waals surface area (Å²) in [6.45, 7) is 5.34. The molecule has 0 aliphatic heterocycles. The number of hydrogen-bond acceptors (Lipinski definition) is 3. The van der Waals surface area contributed by atoms with Crippen LogP contribution in [-0.2, 0) is 4.74 Å². The Morgan fingerprint density at radius 3 is 2.89 bits per heavy atom. The summed E-state index contributed by atoms with van der Waals surface area (Å²) in [6.07, 6.45) is 1.90. The third kappa shape index (κ3) is 5.75. The number of methoxy groups -OCH3 is 1. The van der Waals surface area contributed by atoms with Crippen LogP contribution in [-0.4, -0.2) is 32.3 Å². The fourth-order valence-corrected chi connectivity index (χ4v) is 1.55. The third-order valence-corrected chi connectivity index (χ3v) is 2.82. The normalized spacial score (nSPS) is 11.9. The standard InChI is InChI=1S/C15H23NO3/c1-4-12(2)19-14-8-5-7-13(11-14)15(17)16-9-6-10-18-3/h5,7-8,11-12H,4,6,9-10H2,1-3H3,(H,16,17).